The molecule has 0 aliphatic carbocycles. The van der Waals surface area contributed by atoms with Crippen molar-refractivity contribution in [2.45, 2.75) is 46.0 Å². The summed E-state index contributed by atoms with van der Waals surface area (Å²) in [5, 5.41) is 5.94. The van der Waals surface area contributed by atoms with E-state index in [4.69, 9.17) is 16.3 Å². The lowest BCUT2D eigenvalue weighted by Crippen LogP contribution is -2.25. The van der Waals surface area contributed by atoms with E-state index in [0.717, 1.165) is 17.7 Å². The Balaban J connectivity index is 1.50. The average molecular weight is 480 g/mol. The second-order valence-electron chi connectivity index (χ2n) is 7.56. The van der Waals surface area contributed by atoms with E-state index < -0.39 is 16.9 Å². The summed E-state index contributed by atoms with van der Waals surface area (Å²) in [5.74, 6) is 0.486. The molecule has 5 nitrogen and oxygen atoms in total. The van der Waals surface area contributed by atoms with Gasteiger partial charge in [-0.25, -0.2) is 0 Å². The van der Waals surface area contributed by atoms with E-state index in [1.807, 2.05) is 30.3 Å². The SMILES string of the molecule is CCc1ccc(OCc2cccc(C(=O)NCCCn3nc(C(F)(F)F)c(Cl)c3C)c2)cc1. The summed E-state index contributed by atoms with van der Waals surface area (Å²) in [6.07, 6.45) is -3.24. The number of carbonyl (C=O) groups excluding carboxylic acids is 1. The lowest BCUT2D eigenvalue weighted by atomic mass is 10.1. The number of aromatic nitrogens is 2. The van der Waals surface area contributed by atoms with Gasteiger partial charge in [0.15, 0.2) is 5.69 Å². The van der Waals surface area contributed by atoms with Gasteiger partial charge in [-0.05, 0) is 55.2 Å². The van der Waals surface area contributed by atoms with Crippen LogP contribution in [0.3, 0.4) is 0 Å². The van der Waals surface area contributed by atoms with Gasteiger partial charge in [0.2, 0.25) is 0 Å². The number of rotatable bonds is 9. The zero-order valence-electron chi connectivity index (χ0n) is 18.4. The highest BCUT2D eigenvalue weighted by Gasteiger charge is 2.38. The first kappa shape index (κ1) is 24.6. The van der Waals surface area contributed by atoms with Crippen LogP contribution in [0.2, 0.25) is 5.02 Å². The summed E-state index contributed by atoms with van der Waals surface area (Å²) in [6, 6.07) is 15.0. The van der Waals surface area contributed by atoms with Crippen molar-refractivity contribution < 1.29 is 22.7 Å². The molecule has 2 aromatic carbocycles. The Kier molecular flexibility index (Phi) is 8.02. The maximum absolute atomic E-state index is 12.9. The number of aryl methyl sites for hydroxylation is 2. The van der Waals surface area contributed by atoms with Crippen LogP contribution < -0.4 is 10.1 Å². The van der Waals surface area contributed by atoms with Gasteiger partial charge in [-0.3, -0.25) is 9.48 Å². The minimum absolute atomic E-state index is 0.201. The van der Waals surface area contributed by atoms with Gasteiger partial charge in [-0.1, -0.05) is 42.8 Å². The van der Waals surface area contributed by atoms with Gasteiger partial charge in [-0.2, -0.15) is 18.3 Å². The summed E-state index contributed by atoms with van der Waals surface area (Å²) < 4.78 is 45.7. The molecule has 0 spiro atoms. The smallest absolute Gasteiger partial charge is 0.436 e. The maximum Gasteiger partial charge on any atom is 0.436 e. The molecule has 0 fully saturated rings. The lowest BCUT2D eigenvalue weighted by molar-refractivity contribution is -0.141. The normalized spacial score (nSPS) is 11.5. The zero-order valence-corrected chi connectivity index (χ0v) is 19.1. The second-order valence-corrected chi connectivity index (χ2v) is 7.94. The third-order valence-corrected chi connectivity index (χ3v) is 5.61. The molecular formula is C24H25ClF3N3O2. The number of hydrogen-bond donors (Lipinski definition) is 1. The Morgan fingerprint density at radius 3 is 2.52 bits per heavy atom. The molecule has 176 valence electrons. The highest BCUT2D eigenvalue weighted by molar-refractivity contribution is 6.31. The van der Waals surface area contributed by atoms with Crippen molar-refractivity contribution in [1.29, 1.82) is 0 Å². The number of alkyl halides is 3. The topological polar surface area (TPSA) is 56.1 Å². The first-order chi connectivity index (χ1) is 15.7. The highest BCUT2D eigenvalue weighted by Crippen LogP contribution is 2.35. The standard InChI is InChI=1S/C24H25ClF3N3O2/c1-3-17-8-10-20(11-9-17)33-15-18-6-4-7-19(14-18)23(32)29-12-5-13-31-16(2)21(25)22(30-31)24(26,27)28/h4,6-11,14H,3,5,12-13,15H2,1-2H3,(H,29,32). The minimum atomic E-state index is -4.60. The van der Waals surface area contributed by atoms with Crippen LogP contribution in [0.15, 0.2) is 48.5 Å². The van der Waals surface area contributed by atoms with E-state index in [1.54, 1.807) is 18.2 Å². The number of hydrogen-bond acceptors (Lipinski definition) is 3. The van der Waals surface area contributed by atoms with Crippen molar-refractivity contribution in [1.82, 2.24) is 15.1 Å². The Morgan fingerprint density at radius 1 is 1.15 bits per heavy atom. The van der Waals surface area contributed by atoms with E-state index in [2.05, 4.69) is 17.3 Å². The van der Waals surface area contributed by atoms with E-state index in [0.29, 0.717) is 18.6 Å². The van der Waals surface area contributed by atoms with Crippen LogP contribution >= 0.6 is 11.6 Å². The van der Waals surface area contributed by atoms with Crippen LogP contribution in [0.5, 0.6) is 5.75 Å². The summed E-state index contributed by atoms with van der Waals surface area (Å²) in [7, 11) is 0. The van der Waals surface area contributed by atoms with Gasteiger partial charge in [-0.15, -0.1) is 0 Å². The first-order valence-electron chi connectivity index (χ1n) is 10.6. The van der Waals surface area contributed by atoms with Crippen LogP contribution in [0.4, 0.5) is 13.2 Å². The van der Waals surface area contributed by atoms with E-state index >= 15 is 0 Å². The summed E-state index contributed by atoms with van der Waals surface area (Å²) in [5.41, 5.74) is 1.71. The summed E-state index contributed by atoms with van der Waals surface area (Å²) in [4.78, 5) is 12.5. The quantitative estimate of drug-likeness (QED) is 0.393. The highest BCUT2D eigenvalue weighted by atomic mass is 35.5. The molecule has 33 heavy (non-hydrogen) atoms. The van der Waals surface area contributed by atoms with E-state index in [1.165, 1.54) is 17.2 Å². The number of nitrogens with one attached hydrogen (secondary N) is 1. The predicted octanol–water partition coefficient (Wildman–Crippen LogP) is 5.83. The second kappa shape index (κ2) is 10.7. The molecule has 0 radical (unpaired) electrons. The molecule has 3 aromatic rings. The predicted molar refractivity (Wildman–Crippen MR) is 121 cm³/mol. The van der Waals surface area contributed by atoms with Crippen LogP contribution in [-0.2, 0) is 25.7 Å². The fourth-order valence-corrected chi connectivity index (χ4v) is 3.49. The van der Waals surface area contributed by atoms with Crippen LogP contribution in [0, 0.1) is 6.92 Å². The van der Waals surface area contributed by atoms with Gasteiger partial charge in [0, 0.05) is 18.7 Å². The molecule has 1 N–H and O–H groups in total. The molecule has 0 atom stereocenters. The van der Waals surface area contributed by atoms with Gasteiger partial charge < -0.3 is 10.1 Å². The van der Waals surface area contributed by atoms with Crippen molar-refractivity contribution >= 4 is 17.5 Å². The zero-order chi connectivity index (χ0) is 24.0. The number of carbonyl (C=O) groups is 1. The molecular weight excluding hydrogens is 455 g/mol. The monoisotopic (exact) mass is 479 g/mol. The number of benzene rings is 2. The van der Waals surface area contributed by atoms with Gasteiger partial charge in [0.25, 0.3) is 5.91 Å². The molecule has 1 heterocycles. The Bertz CT molecular complexity index is 1100. The number of ether oxygens (including phenoxy) is 1. The molecule has 0 aliphatic rings. The third-order valence-electron chi connectivity index (χ3n) is 5.16. The fourth-order valence-electron chi connectivity index (χ4n) is 3.25. The largest absolute Gasteiger partial charge is 0.489 e. The van der Waals surface area contributed by atoms with Gasteiger partial charge >= 0.3 is 6.18 Å². The van der Waals surface area contributed by atoms with E-state index in [-0.39, 0.29) is 24.7 Å². The van der Waals surface area contributed by atoms with Gasteiger partial charge in [0.05, 0.1) is 10.7 Å². The summed E-state index contributed by atoms with van der Waals surface area (Å²) in [6.45, 7) is 4.38. The van der Waals surface area contributed by atoms with Crippen molar-refractivity contribution in [2.75, 3.05) is 6.54 Å². The molecule has 0 aliphatic heterocycles. The number of nitrogens with zero attached hydrogens (tertiary/aromatic N) is 2. The van der Waals surface area contributed by atoms with Crippen molar-refractivity contribution in [3.05, 3.63) is 81.6 Å². The average Bonchev–Trinajstić information content (AvgIpc) is 3.10. The Hall–Kier alpha value is -3.00. The molecule has 9 heteroatoms. The minimum Gasteiger partial charge on any atom is -0.489 e. The fraction of sp³-hybridized carbons (Fsp3) is 0.333. The Labute approximate surface area is 195 Å². The van der Waals surface area contributed by atoms with Crippen molar-refractivity contribution in [3.63, 3.8) is 0 Å². The first-order valence-corrected chi connectivity index (χ1v) is 11.0. The number of amides is 1. The lowest BCUT2D eigenvalue weighted by Gasteiger charge is -2.10. The number of halogens is 4. The molecule has 0 saturated heterocycles. The molecule has 3 rings (SSSR count). The van der Waals surface area contributed by atoms with Gasteiger partial charge in [0.1, 0.15) is 12.4 Å². The molecule has 1 aromatic heterocycles. The van der Waals surface area contributed by atoms with Crippen molar-refractivity contribution in [2.24, 2.45) is 0 Å². The van der Waals surface area contributed by atoms with Crippen molar-refractivity contribution in [3.8, 4) is 5.75 Å². The third kappa shape index (κ3) is 6.51. The maximum atomic E-state index is 12.9. The molecule has 0 saturated carbocycles. The van der Waals surface area contributed by atoms with Crippen LogP contribution in [-0.4, -0.2) is 22.2 Å². The Morgan fingerprint density at radius 2 is 1.88 bits per heavy atom. The molecule has 0 bridgehead atoms. The molecule has 0 unspecified atom stereocenters. The van der Waals surface area contributed by atoms with Crippen LogP contribution in [0.1, 0.15) is 46.2 Å². The van der Waals surface area contributed by atoms with Crippen LogP contribution in [0.25, 0.3) is 0 Å². The molecule has 1 amide bonds. The van der Waals surface area contributed by atoms with E-state index in [9.17, 15) is 18.0 Å². The summed E-state index contributed by atoms with van der Waals surface area (Å²) >= 11 is 5.75.